The molecule has 5 nitrogen and oxygen atoms in total. The van der Waals surface area contributed by atoms with Crippen LogP contribution in [-0.4, -0.2) is 27.5 Å². The first kappa shape index (κ1) is 15.9. The molecule has 1 unspecified atom stereocenters. The average Bonchev–Trinajstić information content (AvgIpc) is 2.80. The lowest BCUT2D eigenvalue weighted by Gasteiger charge is -2.28. The number of hydrogen-bond acceptors (Lipinski definition) is 4. The predicted octanol–water partition coefficient (Wildman–Crippen LogP) is 3.93. The van der Waals surface area contributed by atoms with Gasteiger partial charge in [-0.05, 0) is 25.0 Å². The molecule has 1 aromatic heterocycles. The molecule has 0 spiro atoms. The minimum Gasteiger partial charge on any atom is -0.423 e. The first-order valence-electron chi connectivity index (χ1n) is 7.63. The predicted molar refractivity (Wildman–Crippen MR) is 82.7 cm³/mol. The van der Waals surface area contributed by atoms with Crippen LogP contribution in [0.5, 0.6) is 0 Å². The number of amides is 1. The quantitative estimate of drug-likeness (QED) is 0.833. The largest absolute Gasteiger partial charge is 0.423 e. The Morgan fingerprint density at radius 2 is 2.17 bits per heavy atom. The molecule has 0 saturated carbocycles. The molecule has 0 N–H and O–H groups in total. The molecule has 122 valence electrons. The fourth-order valence-corrected chi connectivity index (χ4v) is 3.14. The van der Waals surface area contributed by atoms with Crippen molar-refractivity contribution in [1.82, 2.24) is 15.1 Å². The minimum absolute atomic E-state index is 0.0997. The smallest absolute Gasteiger partial charge is 0.259 e. The second-order valence-corrected chi connectivity index (χ2v) is 6.03. The van der Waals surface area contributed by atoms with Crippen LogP contribution in [0.4, 0.5) is 4.39 Å². The topological polar surface area (TPSA) is 59.2 Å². The number of aryl methyl sites for hydroxylation is 1. The van der Waals surface area contributed by atoms with Crippen molar-refractivity contribution in [2.45, 2.75) is 38.6 Å². The van der Waals surface area contributed by atoms with E-state index in [4.69, 9.17) is 16.0 Å². The van der Waals surface area contributed by atoms with E-state index in [2.05, 4.69) is 10.2 Å². The molecule has 1 saturated heterocycles. The normalized spacial score (nSPS) is 18.7. The number of likely N-dealkylation sites (tertiary alicyclic amines) is 1. The molecule has 1 atom stereocenters. The lowest BCUT2D eigenvalue weighted by molar-refractivity contribution is 0.0646. The molecule has 2 aromatic rings. The number of nitrogens with zero attached hydrogens (tertiary/aromatic N) is 3. The third-order valence-electron chi connectivity index (χ3n) is 4.02. The van der Waals surface area contributed by atoms with Crippen molar-refractivity contribution in [3.8, 4) is 0 Å². The van der Waals surface area contributed by atoms with Crippen molar-refractivity contribution in [3.05, 3.63) is 46.4 Å². The lowest BCUT2D eigenvalue weighted by Crippen LogP contribution is -2.35. The van der Waals surface area contributed by atoms with Crippen LogP contribution in [0.15, 0.2) is 22.6 Å². The van der Waals surface area contributed by atoms with E-state index in [1.54, 1.807) is 11.8 Å². The summed E-state index contributed by atoms with van der Waals surface area (Å²) in [4.78, 5) is 14.5. The summed E-state index contributed by atoms with van der Waals surface area (Å²) in [6.45, 7) is 2.21. The summed E-state index contributed by atoms with van der Waals surface area (Å²) in [5, 5.41) is 8.00. The van der Waals surface area contributed by atoms with Crippen molar-refractivity contribution in [1.29, 1.82) is 0 Å². The second kappa shape index (κ2) is 6.66. The Morgan fingerprint density at radius 3 is 2.87 bits per heavy atom. The highest BCUT2D eigenvalue weighted by Crippen LogP contribution is 2.32. The molecule has 0 radical (unpaired) electrons. The maximum Gasteiger partial charge on any atom is 0.259 e. The van der Waals surface area contributed by atoms with Crippen LogP contribution in [0.3, 0.4) is 0 Å². The van der Waals surface area contributed by atoms with Gasteiger partial charge in [0.25, 0.3) is 5.91 Å². The van der Waals surface area contributed by atoms with E-state index in [0.29, 0.717) is 24.7 Å². The number of aromatic nitrogens is 2. The Kier molecular flexibility index (Phi) is 4.61. The van der Waals surface area contributed by atoms with Crippen LogP contribution < -0.4 is 0 Å². The molecule has 0 bridgehead atoms. The molecular formula is C16H17ClFN3O2. The Morgan fingerprint density at radius 1 is 1.35 bits per heavy atom. The van der Waals surface area contributed by atoms with Crippen molar-refractivity contribution in [3.63, 3.8) is 0 Å². The molecule has 2 heterocycles. The van der Waals surface area contributed by atoms with Crippen LogP contribution in [0.25, 0.3) is 0 Å². The van der Waals surface area contributed by atoms with Gasteiger partial charge in [-0.15, -0.1) is 10.2 Å². The van der Waals surface area contributed by atoms with Gasteiger partial charge in [0, 0.05) is 13.5 Å². The SMILES string of the molecule is Cc1nnc(C2CCCCCN2C(=O)c2c(F)cccc2Cl)o1. The summed E-state index contributed by atoms with van der Waals surface area (Å²) in [6.07, 6.45) is 3.50. The molecule has 1 fully saturated rings. The van der Waals surface area contributed by atoms with E-state index >= 15 is 0 Å². The zero-order chi connectivity index (χ0) is 16.4. The zero-order valence-corrected chi connectivity index (χ0v) is 13.5. The van der Waals surface area contributed by atoms with Crippen LogP contribution in [-0.2, 0) is 0 Å². The Balaban J connectivity index is 1.98. The van der Waals surface area contributed by atoms with Gasteiger partial charge >= 0.3 is 0 Å². The summed E-state index contributed by atoms with van der Waals surface area (Å²) in [6, 6.07) is 3.89. The van der Waals surface area contributed by atoms with Crippen LogP contribution in [0.1, 0.15) is 53.9 Å². The third kappa shape index (κ3) is 3.22. The Bertz CT molecular complexity index is 699. The van der Waals surface area contributed by atoms with Crippen LogP contribution >= 0.6 is 11.6 Å². The number of carbonyl (C=O) groups is 1. The average molecular weight is 338 g/mol. The maximum absolute atomic E-state index is 14.1. The van der Waals surface area contributed by atoms with Gasteiger partial charge in [-0.25, -0.2) is 4.39 Å². The highest BCUT2D eigenvalue weighted by molar-refractivity contribution is 6.33. The zero-order valence-electron chi connectivity index (χ0n) is 12.8. The van der Waals surface area contributed by atoms with Crippen LogP contribution in [0, 0.1) is 12.7 Å². The van der Waals surface area contributed by atoms with Crippen molar-refractivity contribution in [2.24, 2.45) is 0 Å². The fourth-order valence-electron chi connectivity index (χ4n) is 2.90. The van der Waals surface area contributed by atoms with Gasteiger partial charge in [0.05, 0.1) is 10.6 Å². The maximum atomic E-state index is 14.1. The monoisotopic (exact) mass is 337 g/mol. The fraction of sp³-hybridized carbons (Fsp3) is 0.438. The number of carbonyl (C=O) groups excluding carboxylic acids is 1. The highest BCUT2D eigenvalue weighted by Gasteiger charge is 2.33. The molecule has 0 aliphatic carbocycles. The van der Waals surface area contributed by atoms with E-state index in [1.165, 1.54) is 18.2 Å². The van der Waals surface area contributed by atoms with E-state index < -0.39 is 11.7 Å². The second-order valence-electron chi connectivity index (χ2n) is 5.62. The number of hydrogen-bond donors (Lipinski definition) is 0. The number of benzene rings is 1. The molecule has 1 aliphatic heterocycles. The summed E-state index contributed by atoms with van der Waals surface area (Å²) in [5.41, 5.74) is -0.0997. The molecule has 7 heteroatoms. The van der Waals surface area contributed by atoms with Crippen molar-refractivity contribution < 1.29 is 13.6 Å². The summed E-state index contributed by atoms with van der Waals surface area (Å²) in [7, 11) is 0. The van der Waals surface area contributed by atoms with Gasteiger partial charge in [0.1, 0.15) is 11.9 Å². The van der Waals surface area contributed by atoms with E-state index in [-0.39, 0.29) is 16.6 Å². The molecule has 1 aliphatic rings. The van der Waals surface area contributed by atoms with Gasteiger partial charge in [0.2, 0.25) is 11.8 Å². The van der Waals surface area contributed by atoms with Gasteiger partial charge in [0.15, 0.2) is 0 Å². The van der Waals surface area contributed by atoms with E-state index in [1.807, 2.05) is 0 Å². The minimum atomic E-state index is -0.618. The Hall–Kier alpha value is -1.95. The standard InChI is InChI=1S/C16H17ClFN3O2/c1-10-19-20-15(23-10)13-8-3-2-4-9-21(13)16(22)14-11(17)6-5-7-12(14)18/h5-7,13H,2-4,8-9H2,1H3. The first-order valence-corrected chi connectivity index (χ1v) is 8.00. The number of halogens is 2. The van der Waals surface area contributed by atoms with Gasteiger partial charge in [-0.3, -0.25) is 4.79 Å². The highest BCUT2D eigenvalue weighted by atomic mass is 35.5. The van der Waals surface area contributed by atoms with Crippen molar-refractivity contribution >= 4 is 17.5 Å². The van der Waals surface area contributed by atoms with Gasteiger partial charge < -0.3 is 9.32 Å². The van der Waals surface area contributed by atoms with E-state index in [0.717, 1.165) is 19.3 Å². The number of rotatable bonds is 2. The summed E-state index contributed by atoms with van der Waals surface area (Å²) in [5.74, 6) is -0.214. The van der Waals surface area contributed by atoms with Crippen LogP contribution in [0.2, 0.25) is 5.02 Å². The Labute approximate surface area is 138 Å². The molecule has 23 heavy (non-hydrogen) atoms. The van der Waals surface area contributed by atoms with Crippen molar-refractivity contribution in [2.75, 3.05) is 6.54 Å². The first-order chi connectivity index (χ1) is 11.1. The summed E-state index contributed by atoms with van der Waals surface area (Å²) >= 11 is 6.04. The lowest BCUT2D eigenvalue weighted by atomic mass is 10.1. The van der Waals surface area contributed by atoms with Gasteiger partial charge in [-0.2, -0.15) is 0 Å². The molecule has 3 rings (SSSR count). The molecular weight excluding hydrogens is 321 g/mol. The molecule has 1 amide bonds. The summed E-state index contributed by atoms with van der Waals surface area (Å²) < 4.78 is 19.6. The third-order valence-corrected chi connectivity index (χ3v) is 4.33. The van der Waals surface area contributed by atoms with Gasteiger partial charge in [-0.1, -0.05) is 30.5 Å². The van der Waals surface area contributed by atoms with E-state index in [9.17, 15) is 9.18 Å². The molecule has 1 aromatic carbocycles.